The second-order valence-electron chi connectivity index (χ2n) is 5.84. The maximum Gasteiger partial charge on any atom is 0.226 e. The van der Waals surface area contributed by atoms with E-state index in [0.717, 1.165) is 17.6 Å². The Balaban J connectivity index is 1.70. The van der Waals surface area contributed by atoms with E-state index < -0.39 is 0 Å². The summed E-state index contributed by atoms with van der Waals surface area (Å²) in [5.41, 5.74) is 6.73. The van der Waals surface area contributed by atoms with E-state index in [1.807, 2.05) is 7.05 Å². The average molecular weight is 289 g/mol. The molecular weight excluding hydrogens is 266 g/mol. The summed E-state index contributed by atoms with van der Waals surface area (Å²) >= 11 is 0. The molecule has 2 aromatic rings. The Morgan fingerprint density at radius 1 is 1.29 bits per heavy atom. The standard InChI is InChI=1S/C14H23N7/c1-10(9-21-6-4-3-5-7-21)17-14-18-12(15)11-8-16-20(2)13(11)19-14/h8,10H,3-7,9H2,1-2H3,(H3,15,17,18,19). The van der Waals surface area contributed by atoms with Gasteiger partial charge in [-0.3, -0.25) is 4.68 Å². The zero-order chi connectivity index (χ0) is 14.8. The largest absolute Gasteiger partial charge is 0.383 e. The molecule has 7 nitrogen and oxygen atoms in total. The second-order valence-corrected chi connectivity index (χ2v) is 5.84. The van der Waals surface area contributed by atoms with Crippen LogP contribution in [0.1, 0.15) is 26.2 Å². The van der Waals surface area contributed by atoms with E-state index >= 15 is 0 Å². The van der Waals surface area contributed by atoms with Crippen molar-refractivity contribution in [2.75, 3.05) is 30.7 Å². The first-order valence-electron chi connectivity index (χ1n) is 7.57. The molecule has 1 atom stereocenters. The first-order valence-corrected chi connectivity index (χ1v) is 7.57. The minimum atomic E-state index is 0.285. The third-order valence-corrected chi connectivity index (χ3v) is 3.98. The van der Waals surface area contributed by atoms with Crippen molar-refractivity contribution in [1.29, 1.82) is 0 Å². The molecule has 0 aliphatic carbocycles. The van der Waals surface area contributed by atoms with Gasteiger partial charge in [-0.25, -0.2) is 0 Å². The SMILES string of the molecule is CC(CN1CCCCC1)Nc1nc(N)c2cnn(C)c2n1. The van der Waals surface area contributed by atoms with Gasteiger partial charge >= 0.3 is 0 Å². The molecule has 0 radical (unpaired) electrons. The zero-order valence-electron chi connectivity index (χ0n) is 12.7. The summed E-state index contributed by atoms with van der Waals surface area (Å²) in [5.74, 6) is 1.05. The van der Waals surface area contributed by atoms with Gasteiger partial charge in [0, 0.05) is 19.6 Å². The van der Waals surface area contributed by atoms with Crippen LogP contribution in [0, 0.1) is 0 Å². The maximum absolute atomic E-state index is 5.98. The van der Waals surface area contributed by atoms with Gasteiger partial charge in [0.25, 0.3) is 0 Å². The van der Waals surface area contributed by atoms with Gasteiger partial charge in [0.1, 0.15) is 5.82 Å². The summed E-state index contributed by atoms with van der Waals surface area (Å²) in [7, 11) is 1.86. The van der Waals surface area contributed by atoms with Crippen LogP contribution in [-0.4, -0.2) is 50.3 Å². The van der Waals surface area contributed by atoms with Crippen LogP contribution in [0.4, 0.5) is 11.8 Å². The highest BCUT2D eigenvalue weighted by Gasteiger charge is 2.15. The minimum Gasteiger partial charge on any atom is -0.383 e. The quantitative estimate of drug-likeness (QED) is 0.880. The average Bonchev–Trinajstić information content (AvgIpc) is 2.82. The van der Waals surface area contributed by atoms with E-state index in [4.69, 9.17) is 5.73 Å². The Morgan fingerprint density at radius 2 is 2.05 bits per heavy atom. The lowest BCUT2D eigenvalue weighted by Gasteiger charge is -2.29. The summed E-state index contributed by atoms with van der Waals surface area (Å²) in [6, 6.07) is 0.285. The number of rotatable bonds is 4. The van der Waals surface area contributed by atoms with Gasteiger partial charge in [-0.05, 0) is 32.9 Å². The molecule has 3 N–H and O–H groups in total. The molecule has 3 rings (SSSR count). The van der Waals surface area contributed by atoms with Crippen LogP contribution in [0.15, 0.2) is 6.20 Å². The van der Waals surface area contributed by atoms with Crippen LogP contribution in [0.5, 0.6) is 0 Å². The van der Waals surface area contributed by atoms with Crippen LogP contribution < -0.4 is 11.1 Å². The number of aromatic nitrogens is 4. The van der Waals surface area contributed by atoms with Crippen molar-refractivity contribution in [3.8, 4) is 0 Å². The van der Waals surface area contributed by atoms with Gasteiger partial charge in [-0.1, -0.05) is 6.42 Å². The van der Waals surface area contributed by atoms with E-state index in [1.165, 1.54) is 32.4 Å². The highest BCUT2D eigenvalue weighted by Crippen LogP contribution is 2.19. The number of likely N-dealkylation sites (tertiary alicyclic amines) is 1. The summed E-state index contributed by atoms with van der Waals surface area (Å²) in [4.78, 5) is 11.3. The number of nitrogen functional groups attached to an aromatic ring is 1. The molecule has 2 aromatic heterocycles. The lowest BCUT2D eigenvalue weighted by atomic mass is 10.1. The van der Waals surface area contributed by atoms with Crippen molar-refractivity contribution in [2.24, 2.45) is 7.05 Å². The van der Waals surface area contributed by atoms with E-state index in [2.05, 4.69) is 32.2 Å². The highest BCUT2D eigenvalue weighted by atomic mass is 15.3. The normalized spacial score (nSPS) is 18.0. The molecule has 0 saturated carbocycles. The topological polar surface area (TPSA) is 84.9 Å². The molecule has 0 spiro atoms. The number of hydrogen-bond donors (Lipinski definition) is 2. The Kier molecular flexibility index (Phi) is 3.92. The zero-order valence-corrected chi connectivity index (χ0v) is 12.7. The molecule has 114 valence electrons. The van der Waals surface area contributed by atoms with Crippen molar-refractivity contribution in [2.45, 2.75) is 32.2 Å². The third-order valence-electron chi connectivity index (χ3n) is 3.98. The number of anilines is 2. The molecule has 1 aliphatic heterocycles. The van der Waals surface area contributed by atoms with Crippen LogP contribution in [0.3, 0.4) is 0 Å². The number of hydrogen-bond acceptors (Lipinski definition) is 6. The van der Waals surface area contributed by atoms with Crippen LogP contribution in [0.2, 0.25) is 0 Å². The second kappa shape index (κ2) is 5.85. The Labute approximate surface area is 124 Å². The molecular formula is C14H23N7. The first-order chi connectivity index (χ1) is 10.1. The van der Waals surface area contributed by atoms with Gasteiger partial charge in [0.2, 0.25) is 5.95 Å². The fraction of sp³-hybridized carbons (Fsp3) is 0.643. The van der Waals surface area contributed by atoms with E-state index in [9.17, 15) is 0 Å². The lowest BCUT2D eigenvalue weighted by Crippen LogP contribution is -2.38. The van der Waals surface area contributed by atoms with Gasteiger partial charge in [0.05, 0.1) is 11.6 Å². The fourth-order valence-corrected chi connectivity index (χ4v) is 2.90. The number of piperidine rings is 1. The Morgan fingerprint density at radius 3 is 2.81 bits per heavy atom. The highest BCUT2D eigenvalue weighted by molar-refractivity contribution is 5.86. The smallest absolute Gasteiger partial charge is 0.226 e. The molecule has 0 aromatic carbocycles. The lowest BCUT2D eigenvalue weighted by molar-refractivity contribution is 0.223. The Bertz CT molecular complexity index is 615. The van der Waals surface area contributed by atoms with E-state index in [1.54, 1.807) is 10.9 Å². The number of aryl methyl sites for hydroxylation is 1. The predicted octanol–water partition coefficient (Wildman–Crippen LogP) is 1.23. The number of nitrogens with one attached hydrogen (secondary N) is 1. The molecule has 1 fully saturated rings. The van der Waals surface area contributed by atoms with Crippen molar-refractivity contribution in [3.63, 3.8) is 0 Å². The molecule has 0 amide bonds. The van der Waals surface area contributed by atoms with Gasteiger partial charge < -0.3 is 16.0 Å². The van der Waals surface area contributed by atoms with Crippen molar-refractivity contribution in [1.82, 2.24) is 24.6 Å². The van der Waals surface area contributed by atoms with Gasteiger partial charge in [0.15, 0.2) is 5.65 Å². The van der Waals surface area contributed by atoms with Crippen LogP contribution in [-0.2, 0) is 7.05 Å². The minimum absolute atomic E-state index is 0.285. The summed E-state index contributed by atoms with van der Waals surface area (Å²) < 4.78 is 1.72. The van der Waals surface area contributed by atoms with Crippen LogP contribution in [0.25, 0.3) is 11.0 Å². The molecule has 21 heavy (non-hydrogen) atoms. The summed E-state index contributed by atoms with van der Waals surface area (Å²) in [5, 5.41) is 8.32. The molecule has 7 heteroatoms. The van der Waals surface area contributed by atoms with E-state index in [0.29, 0.717) is 11.8 Å². The number of nitrogens with two attached hydrogens (primary N) is 1. The van der Waals surface area contributed by atoms with Crippen molar-refractivity contribution >= 4 is 22.8 Å². The van der Waals surface area contributed by atoms with E-state index in [-0.39, 0.29) is 6.04 Å². The molecule has 1 saturated heterocycles. The molecule has 0 bridgehead atoms. The predicted molar refractivity (Wildman–Crippen MR) is 84.1 cm³/mol. The summed E-state index contributed by atoms with van der Waals surface area (Å²) in [6.07, 6.45) is 5.66. The fourth-order valence-electron chi connectivity index (χ4n) is 2.90. The van der Waals surface area contributed by atoms with Crippen molar-refractivity contribution < 1.29 is 0 Å². The van der Waals surface area contributed by atoms with Crippen LogP contribution >= 0.6 is 0 Å². The monoisotopic (exact) mass is 289 g/mol. The number of fused-ring (bicyclic) bond motifs is 1. The van der Waals surface area contributed by atoms with Gasteiger partial charge in [-0.2, -0.15) is 15.1 Å². The molecule has 1 aliphatic rings. The van der Waals surface area contributed by atoms with Crippen molar-refractivity contribution in [3.05, 3.63) is 6.20 Å². The number of nitrogens with zero attached hydrogens (tertiary/aromatic N) is 5. The van der Waals surface area contributed by atoms with Gasteiger partial charge in [-0.15, -0.1) is 0 Å². The summed E-state index contributed by atoms with van der Waals surface area (Å²) in [6.45, 7) is 5.54. The third kappa shape index (κ3) is 3.07. The maximum atomic E-state index is 5.98. The first kappa shape index (κ1) is 14.1. The molecule has 1 unspecified atom stereocenters. The molecule has 3 heterocycles. The Hall–Kier alpha value is -1.89.